The molecule has 1 aliphatic carbocycles. The van der Waals surface area contributed by atoms with Crippen LogP contribution in [-0.2, 0) is 16.0 Å². The van der Waals surface area contributed by atoms with Crippen molar-refractivity contribution in [1.29, 1.82) is 0 Å². The third kappa shape index (κ3) is 4.90. The van der Waals surface area contributed by atoms with Gasteiger partial charge < -0.3 is 10.2 Å². The third-order valence-corrected chi connectivity index (χ3v) is 6.45. The number of rotatable bonds is 6. The van der Waals surface area contributed by atoms with Crippen LogP contribution in [0, 0.1) is 11.8 Å². The molecule has 1 aromatic rings. The minimum Gasteiger partial charge on any atom is -0.355 e. The summed E-state index contributed by atoms with van der Waals surface area (Å²) in [6.07, 6.45) is 8.89. The topological polar surface area (TPSA) is 65.5 Å². The van der Waals surface area contributed by atoms with Gasteiger partial charge in [-0.05, 0) is 57.2 Å². The van der Waals surface area contributed by atoms with Crippen LogP contribution in [0.3, 0.4) is 0 Å². The molecule has 6 nitrogen and oxygen atoms in total. The van der Waals surface area contributed by atoms with Gasteiger partial charge in [0.25, 0.3) is 0 Å². The third-order valence-electron chi connectivity index (χ3n) is 6.45. The fourth-order valence-electron chi connectivity index (χ4n) is 4.60. The van der Waals surface area contributed by atoms with E-state index >= 15 is 0 Å². The molecule has 28 heavy (non-hydrogen) atoms. The number of carbonyl (C=O) groups is 2. The molecule has 1 aromatic heterocycles. The van der Waals surface area contributed by atoms with E-state index < -0.39 is 0 Å². The maximum atomic E-state index is 12.6. The Kier molecular flexibility index (Phi) is 6.25. The van der Waals surface area contributed by atoms with Gasteiger partial charge in [0.1, 0.15) is 0 Å². The molecule has 1 N–H and O–H groups in total. The SMILES string of the molecule is O=C(NCCc1ccccn1)[C@@H]1CCCN(C2CCN(C(=O)C3CC3)CC2)C1. The van der Waals surface area contributed by atoms with Crippen molar-refractivity contribution in [3.8, 4) is 0 Å². The summed E-state index contributed by atoms with van der Waals surface area (Å²) < 4.78 is 0. The fraction of sp³-hybridized carbons (Fsp3) is 0.682. The number of amides is 2. The van der Waals surface area contributed by atoms with Gasteiger partial charge in [-0.25, -0.2) is 0 Å². The Morgan fingerprint density at radius 1 is 1.04 bits per heavy atom. The Hall–Kier alpha value is -1.95. The van der Waals surface area contributed by atoms with Gasteiger partial charge in [0, 0.05) is 56.5 Å². The number of hydrogen-bond acceptors (Lipinski definition) is 4. The van der Waals surface area contributed by atoms with Crippen LogP contribution in [0.2, 0.25) is 0 Å². The van der Waals surface area contributed by atoms with E-state index in [0.717, 1.165) is 76.8 Å². The summed E-state index contributed by atoms with van der Waals surface area (Å²) in [5.74, 6) is 0.971. The first-order valence-corrected chi connectivity index (χ1v) is 10.9. The van der Waals surface area contributed by atoms with E-state index in [1.807, 2.05) is 18.2 Å². The van der Waals surface area contributed by atoms with Crippen molar-refractivity contribution in [1.82, 2.24) is 20.1 Å². The monoisotopic (exact) mass is 384 g/mol. The molecule has 0 aromatic carbocycles. The van der Waals surface area contributed by atoms with Crippen LogP contribution in [0.4, 0.5) is 0 Å². The van der Waals surface area contributed by atoms with Crippen LogP contribution in [-0.4, -0.2) is 65.4 Å². The van der Waals surface area contributed by atoms with Crippen LogP contribution >= 0.6 is 0 Å². The summed E-state index contributed by atoms with van der Waals surface area (Å²) >= 11 is 0. The molecule has 3 fully saturated rings. The zero-order valence-electron chi connectivity index (χ0n) is 16.7. The Labute approximate surface area is 167 Å². The summed E-state index contributed by atoms with van der Waals surface area (Å²) in [6, 6.07) is 6.40. The Morgan fingerprint density at radius 3 is 2.57 bits per heavy atom. The average Bonchev–Trinajstić information content (AvgIpc) is 3.60. The van der Waals surface area contributed by atoms with E-state index in [1.54, 1.807) is 6.20 Å². The van der Waals surface area contributed by atoms with Crippen molar-refractivity contribution in [3.05, 3.63) is 30.1 Å². The van der Waals surface area contributed by atoms with Gasteiger partial charge in [0.05, 0.1) is 5.92 Å². The lowest BCUT2D eigenvalue weighted by molar-refractivity contribution is -0.134. The summed E-state index contributed by atoms with van der Waals surface area (Å²) in [4.78, 5) is 33.8. The van der Waals surface area contributed by atoms with Gasteiger partial charge in [-0.15, -0.1) is 0 Å². The van der Waals surface area contributed by atoms with Crippen molar-refractivity contribution < 1.29 is 9.59 Å². The maximum absolute atomic E-state index is 12.6. The van der Waals surface area contributed by atoms with E-state index in [9.17, 15) is 9.59 Å². The molecule has 2 saturated heterocycles. The van der Waals surface area contributed by atoms with Gasteiger partial charge in [-0.1, -0.05) is 6.07 Å². The fourth-order valence-corrected chi connectivity index (χ4v) is 4.60. The first-order chi connectivity index (χ1) is 13.7. The summed E-state index contributed by atoms with van der Waals surface area (Å²) in [5, 5.41) is 3.11. The number of carbonyl (C=O) groups excluding carboxylic acids is 2. The summed E-state index contributed by atoms with van der Waals surface area (Å²) in [7, 11) is 0. The van der Waals surface area contributed by atoms with Crippen molar-refractivity contribution in [2.45, 2.75) is 51.0 Å². The van der Waals surface area contributed by atoms with E-state index in [1.165, 1.54) is 0 Å². The van der Waals surface area contributed by atoms with Crippen molar-refractivity contribution in [2.24, 2.45) is 11.8 Å². The lowest BCUT2D eigenvalue weighted by Gasteiger charge is -2.42. The zero-order chi connectivity index (χ0) is 19.3. The van der Waals surface area contributed by atoms with E-state index in [-0.39, 0.29) is 11.8 Å². The van der Waals surface area contributed by atoms with Crippen molar-refractivity contribution in [2.75, 3.05) is 32.7 Å². The van der Waals surface area contributed by atoms with Crippen molar-refractivity contribution >= 4 is 11.8 Å². The molecule has 4 rings (SSSR count). The number of piperidine rings is 2. The predicted molar refractivity (Wildman–Crippen MR) is 108 cm³/mol. The molecular formula is C22H32N4O2. The first kappa shape index (κ1) is 19.4. The molecule has 152 valence electrons. The Morgan fingerprint density at radius 2 is 1.86 bits per heavy atom. The van der Waals surface area contributed by atoms with Gasteiger partial charge in [0.15, 0.2) is 0 Å². The second-order valence-electron chi connectivity index (χ2n) is 8.53. The van der Waals surface area contributed by atoms with Crippen LogP contribution in [0.15, 0.2) is 24.4 Å². The van der Waals surface area contributed by atoms with Gasteiger partial charge in [-0.2, -0.15) is 0 Å². The normalized spacial score (nSPS) is 24.1. The lowest BCUT2D eigenvalue weighted by atomic mass is 9.93. The first-order valence-electron chi connectivity index (χ1n) is 10.9. The standard InChI is InChI=1S/C22H32N4O2/c27-21(24-12-8-19-5-1-2-11-23-19)18-4-3-13-26(16-18)20-9-14-25(15-10-20)22(28)17-6-7-17/h1-2,5,11,17-18,20H,3-4,6-10,12-16H2,(H,24,27)/t18-/m1/s1. The number of hydrogen-bond donors (Lipinski definition) is 1. The molecule has 0 unspecified atom stereocenters. The van der Waals surface area contributed by atoms with E-state index in [4.69, 9.17) is 0 Å². The molecule has 6 heteroatoms. The predicted octanol–water partition coefficient (Wildman–Crippen LogP) is 1.85. The molecule has 3 heterocycles. The van der Waals surface area contributed by atoms with Gasteiger partial charge in [0.2, 0.25) is 11.8 Å². The number of pyridine rings is 1. The minimum atomic E-state index is 0.0867. The quantitative estimate of drug-likeness (QED) is 0.813. The summed E-state index contributed by atoms with van der Waals surface area (Å²) in [5.41, 5.74) is 1.01. The molecule has 0 spiro atoms. The summed E-state index contributed by atoms with van der Waals surface area (Å²) in [6.45, 7) is 4.36. The number of nitrogens with one attached hydrogen (secondary N) is 1. The highest BCUT2D eigenvalue weighted by molar-refractivity contribution is 5.81. The number of likely N-dealkylation sites (tertiary alicyclic amines) is 2. The molecule has 2 amide bonds. The van der Waals surface area contributed by atoms with E-state index in [0.29, 0.717) is 24.4 Å². The average molecular weight is 385 g/mol. The zero-order valence-corrected chi connectivity index (χ0v) is 16.7. The van der Waals surface area contributed by atoms with Crippen LogP contribution in [0.1, 0.15) is 44.2 Å². The van der Waals surface area contributed by atoms with Crippen LogP contribution < -0.4 is 5.32 Å². The highest BCUT2D eigenvalue weighted by atomic mass is 16.2. The molecule has 2 aliphatic heterocycles. The molecule has 1 atom stereocenters. The molecule has 0 radical (unpaired) electrons. The van der Waals surface area contributed by atoms with Crippen molar-refractivity contribution in [3.63, 3.8) is 0 Å². The Balaban J connectivity index is 1.20. The van der Waals surface area contributed by atoms with Gasteiger partial charge >= 0.3 is 0 Å². The minimum absolute atomic E-state index is 0.0867. The number of aromatic nitrogens is 1. The number of nitrogens with zero attached hydrogens (tertiary/aromatic N) is 3. The smallest absolute Gasteiger partial charge is 0.225 e. The largest absolute Gasteiger partial charge is 0.355 e. The maximum Gasteiger partial charge on any atom is 0.225 e. The van der Waals surface area contributed by atoms with Crippen LogP contribution in [0.5, 0.6) is 0 Å². The second-order valence-corrected chi connectivity index (χ2v) is 8.53. The second kappa shape index (κ2) is 9.03. The highest BCUT2D eigenvalue weighted by Gasteiger charge is 2.37. The lowest BCUT2D eigenvalue weighted by Crippen LogP contribution is -2.51. The van der Waals surface area contributed by atoms with Gasteiger partial charge in [-0.3, -0.25) is 19.5 Å². The van der Waals surface area contributed by atoms with E-state index in [2.05, 4.69) is 20.1 Å². The van der Waals surface area contributed by atoms with Crippen LogP contribution in [0.25, 0.3) is 0 Å². The highest BCUT2D eigenvalue weighted by Crippen LogP contribution is 2.32. The Bertz CT molecular complexity index is 668. The molecule has 1 saturated carbocycles. The molecular weight excluding hydrogens is 352 g/mol. The molecule has 0 bridgehead atoms. The molecule has 3 aliphatic rings.